The molecular formula is C11H12F2O3S. The Morgan fingerprint density at radius 3 is 2.65 bits per heavy atom. The molecule has 0 amide bonds. The molecule has 0 radical (unpaired) electrons. The van der Waals surface area contributed by atoms with Gasteiger partial charge in [-0.2, -0.15) is 0 Å². The van der Waals surface area contributed by atoms with Crippen molar-refractivity contribution in [2.45, 2.75) is 17.9 Å². The van der Waals surface area contributed by atoms with E-state index in [-0.39, 0.29) is 11.5 Å². The van der Waals surface area contributed by atoms with Crippen LogP contribution in [0.1, 0.15) is 18.6 Å². The van der Waals surface area contributed by atoms with E-state index < -0.39 is 29.3 Å². The molecular weight excluding hydrogens is 250 g/mol. The summed E-state index contributed by atoms with van der Waals surface area (Å²) in [5, 5.41) is 9.50. The summed E-state index contributed by atoms with van der Waals surface area (Å²) in [7, 11) is 0. The maximum absolute atomic E-state index is 13.5. The maximum atomic E-state index is 13.5. The fourth-order valence-electron chi connectivity index (χ4n) is 1.26. The van der Waals surface area contributed by atoms with Crippen molar-refractivity contribution in [1.29, 1.82) is 0 Å². The van der Waals surface area contributed by atoms with Gasteiger partial charge in [0, 0.05) is 10.5 Å². The van der Waals surface area contributed by atoms with Crippen molar-refractivity contribution in [2.75, 3.05) is 12.9 Å². The largest absolute Gasteiger partial charge is 0.464 e. The SMILES string of the molecule is CCOC(=O)C(O)c1cc(F)c(SC)cc1F. The van der Waals surface area contributed by atoms with Crippen LogP contribution in [0.4, 0.5) is 8.78 Å². The quantitative estimate of drug-likeness (QED) is 0.668. The molecule has 0 bridgehead atoms. The first-order chi connectivity index (χ1) is 8.01. The number of aliphatic hydroxyl groups is 1. The van der Waals surface area contributed by atoms with Crippen LogP contribution in [0.15, 0.2) is 17.0 Å². The van der Waals surface area contributed by atoms with E-state index in [1.54, 1.807) is 13.2 Å². The molecule has 3 nitrogen and oxygen atoms in total. The van der Waals surface area contributed by atoms with Gasteiger partial charge in [0.15, 0.2) is 6.10 Å². The van der Waals surface area contributed by atoms with Gasteiger partial charge in [0.25, 0.3) is 0 Å². The number of hydrogen-bond donors (Lipinski definition) is 1. The smallest absolute Gasteiger partial charge is 0.339 e. The van der Waals surface area contributed by atoms with E-state index >= 15 is 0 Å². The Kier molecular flexibility index (Phi) is 4.89. The van der Waals surface area contributed by atoms with E-state index in [1.807, 2.05) is 0 Å². The lowest BCUT2D eigenvalue weighted by Gasteiger charge is -2.12. The van der Waals surface area contributed by atoms with Gasteiger partial charge in [0.05, 0.1) is 6.61 Å². The molecule has 0 spiro atoms. The minimum absolute atomic E-state index is 0.0584. The van der Waals surface area contributed by atoms with E-state index in [1.165, 1.54) is 0 Å². The summed E-state index contributed by atoms with van der Waals surface area (Å²) >= 11 is 1.04. The third-order valence-corrected chi connectivity index (χ3v) is 2.83. The summed E-state index contributed by atoms with van der Waals surface area (Å²) in [5.41, 5.74) is -0.418. The lowest BCUT2D eigenvalue weighted by atomic mass is 10.1. The standard InChI is InChI=1S/C11H12F2O3S/c1-3-16-11(15)10(14)6-4-8(13)9(17-2)5-7(6)12/h4-5,10,14H,3H2,1-2H3. The first kappa shape index (κ1) is 13.9. The van der Waals surface area contributed by atoms with Gasteiger partial charge in [-0.1, -0.05) is 0 Å². The van der Waals surface area contributed by atoms with Gasteiger partial charge in [0.1, 0.15) is 11.6 Å². The highest BCUT2D eigenvalue weighted by Gasteiger charge is 2.23. The van der Waals surface area contributed by atoms with Crippen LogP contribution in [0.25, 0.3) is 0 Å². The number of hydrogen-bond acceptors (Lipinski definition) is 4. The summed E-state index contributed by atoms with van der Waals surface area (Å²) in [4.78, 5) is 11.3. The number of carbonyl (C=O) groups excluding carboxylic acids is 1. The van der Waals surface area contributed by atoms with Crippen molar-refractivity contribution in [3.8, 4) is 0 Å². The van der Waals surface area contributed by atoms with Crippen LogP contribution in [-0.2, 0) is 9.53 Å². The van der Waals surface area contributed by atoms with Crippen molar-refractivity contribution in [1.82, 2.24) is 0 Å². The van der Waals surface area contributed by atoms with Crippen LogP contribution < -0.4 is 0 Å². The van der Waals surface area contributed by atoms with Crippen LogP contribution in [0.5, 0.6) is 0 Å². The highest BCUT2D eigenvalue weighted by atomic mass is 32.2. The molecule has 1 unspecified atom stereocenters. The van der Waals surface area contributed by atoms with Gasteiger partial charge in [-0.25, -0.2) is 13.6 Å². The molecule has 1 N–H and O–H groups in total. The van der Waals surface area contributed by atoms with Crippen LogP contribution >= 0.6 is 11.8 Å². The first-order valence-corrected chi connectivity index (χ1v) is 6.11. The normalized spacial score (nSPS) is 12.3. The van der Waals surface area contributed by atoms with Crippen LogP contribution in [0.2, 0.25) is 0 Å². The minimum atomic E-state index is -1.81. The number of ether oxygens (including phenoxy) is 1. The number of aliphatic hydroxyl groups excluding tert-OH is 1. The molecule has 0 fully saturated rings. The van der Waals surface area contributed by atoms with E-state index in [0.29, 0.717) is 0 Å². The molecule has 0 aliphatic carbocycles. The second-order valence-electron chi connectivity index (χ2n) is 3.16. The molecule has 0 heterocycles. The molecule has 1 rings (SSSR count). The van der Waals surface area contributed by atoms with Gasteiger partial charge in [0.2, 0.25) is 0 Å². The maximum Gasteiger partial charge on any atom is 0.339 e. The van der Waals surface area contributed by atoms with Crippen molar-refractivity contribution >= 4 is 17.7 Å². The number of benzene rings is 1. The van der Waals surface area contributed by atoms with Crippen molar-refractivity contribution in [3.05, 3.63) is 29.3 Å². The van der Waals surface area contributed by atoms with Crippen molar-refractivity contribution in [2.24, 2.45) is 0 Å². The van der Waals surface area contributed by atoms with Crippen LogP contribution in [0, 0.1) is 11.6 Å². The summed E-state index contributed by atoms with van der Waals surface area (Å²) in [6, 6.07) is 1.75. The van der Waals surface area contributed by atoms with Gasteiger partial charge < -0.3 is 9.84 Å². The second-order valence-corrected chi connectivity index (χ2v) is 4.01. The molecule has 0 aliphatic heterocycles. The predicted octanol–water partition coefficient (Wildman–Crippen LogP) is 2.28. The van der Waals surface area contributed by atoms with Crippen LogP contribution in [-0.4, -0.2) is 23.9 Å². The molecule has 17 heavy (non-hydrogen) atoms. The molecule has 0 saturated carbocycles. The highest BCUT2D eigenvalue weighted by molar-refractivity contribution is 7.98. The molecule has 6 heteroatoms. The van der Waals surface area contributed by atoms with Crippen LogP contribution in [0.3, 0.4) is 0 Å². The Balaban J connectivity index is 3.06. The number of rotatable bonds is 4. The number of carbonyl (C=O) groups is 1. The van der Waals surface area contributed by atoms with Crippen molar-refractivity contribution in [3.63, 3.8) is 0 Å². The molecule has 0 aliphatic rings. The van der Waals surface area contributed by atoms with Gasteiger partial charge >= 0.3 is 5.97 Å². The number of thioether (sulfide) groups is 1. The molecule has 0 aromatic heterocycles. The lowest BCUT2D eigenvalue weighted by molar-refractivity contribution is -0.153. The zero-order valence-corrected chi connectivity index (χ0v) is 10.2. The molecule has 94 valence electrons. The third kappa shape index (κ3) is 3.17. The van der Waals surface area contributed by atoms with E-state index in [0.717, 1.165) is 23.9 Å². The summed E-state index contributed by atoms with van der Waals surface area (Å²) in [6.07, 6.45) is -0.209. The van der Waals surface area contributed by atoms with Gasteiger partial charge in [-0.15, -0.1) is 11.8 Å². The molecule has 1 aromatic rings. The average molecular weight is 262 g/mol. The number of halogens is 2. The predicted molar refractivity (Wildman–Crippen MR) is 59.7 cm³/mol. The Morgan fingerprint density at radius 2 is 2.12 bits per heavy atom. The summed E-state index contributed by atoms with van der Waals surface area (Å²) in [6.45, 7) is 1.61. The summed E-state index contributed by atoms with van der Waals surface area (Å²) < 4.78 is 31.4. The zero-order chi connectivity index (χ0) is 13.0. The Morgan fingerprint density at radius 1 is 1.47 bits per heavy atom. The fourth-order valence-corrected chi connectivity index (χ4v) is 1.73. The van der Waals surface area contributed by atoms with Crippen molar-refractivity contribution < 1.29 is 23.4 Å². The Hall–Kier alpha value is -1.14. The second kappa shape index (κ2) is 5.97. The van der Waals surface area contributed by atoms with E-state index in [9.17, 15) is 18.7 Å². The topological polar surface area (TPSA) is 46.5 Å². The number of esters is 1. The third-order valence-electron chi connectivity index (χ3n) is 2.08. The first-order valence-electron chi connectivity index (χ1n) is 4.88. The van der Waals surface area contributed by atoms with Gasteiger partial charge in [-0.05, 0) is 25.3 Å². The molecule has 1 atom stereocenters. The van der Waals surface area contributed by atoms with Gasteiger partial charge in [-0.3, -0.25) is 0 Å². The highest BCUT2D eigenvalue weighted by Crippen LogP contribution is 2.26. The molecule has 0 saturated heterocycles. The monoisotopic (exact) mass is 262 g/mol. The minimum Gasteiger partial charge on any atom is -0.464 e. The van der Waals surface area contributed by atoms with E-state index in [4.69, 9.17) is 0 Å². The lowest BCUT2D eigenvalue weighted by Crippen LogP contribution is -2.17. The Labute approximate surface area is 102 Å². The van der Waals surface area contributed by atoms with E-state index in [2.05, 4.69) is 4.74 Å². The molecule has 1 aromatic carbocycles. The average Bonchev–Trinajstić information content (AvgIpc) is 2.31. The summed E-state index contributed by atoms with van der Waals surface area (Å²) in [5.74, 6) is -2.52. The fraction of sp³-hybridized carbons (Fsp3) is 0.364. The Bertz CT molecular complexity index is 423. The zero-order valence-electron chi connectivity index (χ0n) is 9.37.